The number of rotatable bonds is 0. The van der Waals surface area contributed by atoms with E-state index in [0.717, 1.165) is 36.0 Å². The molecule has 0 aromatic heterocycles. The Balaban J connectivity index is 1.99. The third-order valence-electron chi connectivity index (χ3n) is 4.20. The third kappa shape index (κ3) is 1.03. The van der Waals surface area contributed by atoms with E-state index in [-0.39, 0.29) is 0 Å². The summed E-state index contributed by atoms with van der Waals surface area (Å²) in [6.07, 6.45) is 9.57. The molecule has 3 aliphatic rings. The molecule has 0 radical (unpaired) electrons. The Morgan fingerprint density at radius 2 is 2.06 bits per heavy atom. The molecule has 0 spiro atoms. The molecule has 1 heteroatoms. The van der Waals surface area contributed by atoms with Crippen molar-refractivity contribution in [2.45, 2.75) is 24.9 Å². The van der Waals surface area contributed by atoms with Crippen molar-refractivity contribution in [2.24, 2.45) is 0 Å². The van der Waals surface area contributed by atoms with Crippen molar-refractivity contribution < 1.29 is 5.11 Å². The lowest BCUT2D eigenvalue weighted by Gasteiger charge is -2.26. The molecule has 1 atom stereocenters. The van der Waals surface area contributed by atoms with Crippen molar-refractivity contribution in [3.8, 4) is 0 Å². The van der Waals surface area contributed by atoms with Crippen molar-refractivity contribution in [3.63, 3.8) is 0 Å². The van der Waals surface area contributed by atoms with Gasteiger partial charge in [0, 0.05) is 0 Å². The highest BCUT2D eigenvalue weighted by atomic mass is 16.3. The van der Waals surface area contributed by atoms with Crippen LogP contribution in [0.3, 0.4) is 0 Å². The number of fused-ring (bicyclic) bond motifs is 4. The number of benzene rings is 1. The molecule has 0 fully saturated rings. The van der Waals surface area contributed by atoms with E-state index in [2.05, 4.69) is 36.4 Å². The minimum atomic E-state index is -0.817. The fourth-order valence-electron chi connectivity index (χ4n) is 3.40. The largest absolute Gasteiger partial charge is 0.376 e. The Bertz CT molecular complexity index is 604. The Kier molecular flexibility index (Phi) is 1.66. The molecular formula is C16H14O. The molecule has 1 N–H and O–H groups in total. The molecule has 4 rings (SSSR count). The molecule has 1 unspecified atom stereocenters. The quantitative estimate of drug-likeness (QED) is 0.715. The van der Waals surface area contributed by atoms with Crippen LogP contribution in [0.25, 0.3) is 0 Å². The predicted molar refractivity (Wildman–Crippen MR) is 67.5 cm³/mol. The minimum absolute atomic E-state index is 0.817. The maximum Gasteiger partial charge on any atom is 0.137 e. The normalized spacial score (nSPS) is 28.9. The van der Waals surface area contributed by atoms with Crippen LogP contribution >= 0.6 is 0 Å². The van der Waals surface area contributed by atoms with E-state index in [4.69, 9.17) is 0 Å². The second-order valence-corrected chi connectivity index (χ2v) is 5.09. The topological polar surface area (TPSA) is 20.2 Å². The summed E-state index contributed by atoms with van der Waals surface area (Å²) >= 11 is 0. The molecule has 0 saturated heterocycles. The summed E-state index contributed by atoms with van der Waals surface area (Å²) < 4.78 is 0. The van der Waals surface area contributed by atoms with E-state index < -0.39 is 5.60 Å². The van der Waals surface area contributed by atoms with Gasteiger partial charge in [-0.15, -0.1) is 0 Å². The monoisotopic (exact) mass is 222 g/mol. The SMILES string of the molecule is OC12C(=CC3=C1C=CCC3)Cc1ccccc12. The summed E-state index contributed by atoms with van der Waals surface area (Å²) in [6, 6.07) is 8.26. The zero-order valence-electron chi connectivity index (χ0n) is 9.61. The van der Waals surface area contributed by atoms with Gasteiger partial charge in [0.15, 0.2) is 0 Å². The number of hydrogen-bond donors (Lipinski definition) is 1. The van der Waals surface area contributed by atoms with Crippen molar-refractivity contribution in [1.29, 1.82) is 0 Å². The average Bonchev–Trinajstić information content (AvgIpc) is 2.79. The van der Waals surface area contributed by atoms with Gasteiger partial charge in [0.2, 0.25) is 0 Å². The van der Waals surface area contributed by atoms with E-state index >= 15 is 0 Å². The van der Waals surface area contributed by atoms with Gasteiger partial charge in [0.25, 0.3) is 0 Å². The van der Waals surface area contributed by atoms with Crippen LogP contribution in [0.5, 0.6) is 0 Å². The molecule has 1 nitrogen and oxygen atoms in total. The van der Waals surface area contributed by atoms with Gasteiger partial charge in [-0.1, -0.05) is 42.5 Å². The van der Waals surface area contributed by atoms with E-state index in [1.54, 1.807) is 0 Å². The van der Waals surface area contributed by atoms with Crippen LogP contribution in [0.4, 0.5) is 0 Å². The number of allylic oxidation sites excluding steroid dienone is 3. The lowest BCUT2D eigenvalue weighted by atomic mass is 9.85. The van der Waals surface area contributed by atoms with Gasteiger partial charge >= 0.3 is 0 Å². The zero-order chi connectivity index (χ0) is 11.5. The first-order valence-corrected chi connectivity index (χ1v) is 6.22. The summed E-state index contributed by atoms with van der Waals surface area (Å²) in [6.45, 7) is 0. The Morgan fingerprint density at radius 1 is 1.18 bits per heavy atom. The van der Waals surface area contributed by atoms with E-state index in [0.29, 0.717) is 0 Å². The molecule has 17 heavy (non-hydrogen) atoms. The van der Waals surface area contributed by atoms with Crippen LogP contribution in [0, 0.1) is 0 Å². The standard InChI is InChI=1S/C16H14O/c17-16-13(9-11-5-1-3-7-14(11)16)10-12-6-2-4-8-15(12)16/h1,3-5,7-8,10,17H,2,6,9H2. The maximum atomic E-state index is 11.1. The first-order valence-electron chi connectivity index (χ1n) is 6.22. The lowest BCUT2D eigenvalue weighted by Crippen LogP contribution is -2.25. The van der Waals surface area contributed by atoms with E-state index in [1.165, 1.54) is 11.1 Å². The molecule has 0 amide bonds. The third-order valence-corrected chi connectivity index (χ3v) is 4.20. The van der Waals surface area contributed by atoms with Gasteiger partial charge in [0.05, 0.1) is 0 Å². The molecule has 0 aliphatic heterocycles. The highest BCUT2D eigenvalue weighted by Crippen LogP contribution is 2.52. The minimum Gasteiger partial charge on any atom is -0.376 e. The van der Waals surface area contributed by atoms with Crippen LogP contribution in [-0.2, 0) is 12.0 Å². The summed E-state index contributed by atoms with van der Waals surface area (Å²) in [5.74, 6) is 0. The Morgan fingerprint density at radius 3 is 3.00 bits per heavy atom. The van der Waals surface area contributed by atoms with Crippen molar-refractivity contribution in [2.75, 3.05) is 0 Å². The van der Waals surface area contributed by atoms with Crippen molar-refractivity contribution >= 4 is 0 Å². The molecule has 84 valence electrons. The maximum absolute atomic E-state index is 11.1. The Labute approximate surface area is 101 Å². The summed E-state index contributed by atoms with van der Waals surface area (Å²) in [4.78, 5) is 0. The van der Waals surface area contributed by atoms with Crippen molar-refractivity contribution in [1.82, 2.24) is 0 Å². The highest BCUT2D eigenvalue weighted by Gasteiger charge is 2.47. The average molecular weight is 222 g/mol. The molecule has 3 aliphatic carbocycles. The first-order chi connectivity index (χ1) is 8.30. The fourth-order valence-corrected chi connectivity index (χ4v) is 3.40. The van der Waals surface area contributed by atoms with Gasteiger partial charge in [-0.25, -0.2) is 0 Å². The summed E-state index contributed by atoms with van der Waals surface area (Å²) in [7, 11) is 0. The molecule has 0 heterocycles. The highest BCUT2D eigenvalue weighted by molar-refractivity contribution is 5.65. The van der Waals surface area contributed by atoms with Gasteiger partial charge in [0.1, 0.15) is 5.60 Å². The predicted octanol–water partition coefficient (Wildman–Crippen LogP) is 3.02. The van der Waals surface area contributed by atoms with E-state index in [9.17, 15) is 5.11 Å². The summed E-state index contributed by atoms with van der Waals surface area (Å²) in [5, 5.41) is 11.1. The van der Waals surface area contributed by atoms with Crippen LogP contribution in [0.1, 0.15) is 24.0 Å². The zero-order valence-corrected chi connectivity index (χ0v) is 9.61. The van der Waals surface area contributed by atoms with Gasteiger partial charge in [-0.3, -0.25) is 0 Å². The van der Waals surface area contributed by atoms with Gasteiger partial charge in [-0.05, 0) is 47.1 Å². The lowest BCUT2D eigenvalue weighted by molar-refractivity contribution is 0.128. The van der Waals surface area contributed by atoms with Crippen molar-refractivity contribution in [3.05, 3.63) is 70.3 Å². The molecule has 1 aromatic rings. The number of hydrogen-bond acceptors (Lipinski definition) is 1. The van der Waals surface area contributed by atoms with Gasteiger partial charge < -0.3 is 5.11 Å². The summed E-state index contributed by atoms with van der Waals surface area (Å²) in [5.41, 5.74) is 5.15. The fraction of sp³-hybridized carbons (Fsp3) is 0.250. The molecular weight excluding hydrogens is 208 g/mol. The smallest absolute Gasteiger partial charge is 0.137 e. The van der Waals surface area contributed by atoms with Gasteiger partial charge in [-0.2, -0.15) is 0 Å². The molecule has 1 aromatic carbocycles. The van der Waals surface area contributed by atoms with Crippen LogP contribution in [-0.4, -0.2) is 5.11 Å². The Hall–Kier alpha value is -1.60. The van der Waals surface area contributed by atoms with Crippen LogP contribution in [0.15, 0.2) is 59.2 Å². The molecule has 0 bridgehead atoms. The van der Waals surface area contributed by atoms with Crippen LogP contribution in [0.2, 0.25) is 0 Å². The first kappa shape index (κ1) is 9.43. The second kappa shape index (κ2) is 2.99. The molecule has 0 saturated carbocycles. The van der Waals surface area contributed by atoms with Crippen LogP contribution < -0.4 is 0 Å². The second-order valence-electron chi connectivity index (χ2n) is 5.09. The number of aliphatic hydroxyl groups is 1. The van der Waals surface area contributed by atoms with E-state index in [1.807, 2.05) is 6.07 Å².